The van der Waals surface area contributed by atoms with Gasteiger partial charge in [0, 0.05) is 13.0 Å². The fraction of sp³-hybridized carbons (Fsp3) is 0.278. The Kier molecular flexibility index (Phi) is 5.21. The van der Waals surface area contributed by atoms with E-state index in [1.807, 2.05) is 24.3 Å². The van der Waals surface area contributed by atoms with E-state index in [1.165, 1.54) is 11.2 Å². The molecule has 1 unspecified atom stereocenters. The van der Waals surface area contributed by atoms with Crippen LogP contribution in [-0.2, 0) is 29.1 Å². The monoisotopic (exact) mass is 357 g/mol. The van der Waals surface area contributed by atoms with E-state index in [4.69, 9.17) is 4.42 Å². The summed E-state index contributed by atoms with van der Waals surface area (Å²) in [6.07, 6.45) is 1.75. The number of furan rings is 1. The summed E-state index contributed by atoms with van der Waals surface area (Å²) in [7, 11) is 0. The maximum Gasteiger partial charge on any atom is 0.326 e. The number of carboxylic acid groups (broad SMARTS) is 1. The van der Waals surface area contributed by atoms with Gasteiger partial charge >= 0.3 is 12.0 Å². The number of hydrogen-bond acceptors (Lipinski definition) is 4. The number of benzene rings is 1. The number of aliphatic carboxylic acids is 1. The number of hydrogen-bond donors (Lipinski definition) is 3. The normalized spacial score (nSPS) is 15.8. The molecule has 2 heterocycles. The van der Waals surface area contributed by atoms with Crippen molar-refractivity contribution >= 4 is 17.9 Å². The first-order valence-corrected chi connectivity index (χ1v) is 8.17. The molecule has 0 spiro atoms. The molecule has 0 saturated heterocycles. The van der Waals surface area contributed by atoms with Gasteiger partial charge in [0.2, 0.25) is 5.91 Å². The Morgan fingerprint density at radius 1 is 1.12 bits per heavy atom. The lowest BCUT2D eigenvalue weighted by atomic mass is 9.94. The van der Waals surface area contributed by atoms with E-state index in [-0.39, 0.29) is 26.1 Å². The number of amides is 3. The number of nitrogens with one attached hydrogen (secondary N) is 2. The highest BCUT2D eigenvalue weighted by Crippen LogP contribution is 2.23. The van der Waals surface area contributed by atoms with E-state index in [0.29, 0.717) is 5.76 Å². The molecule has 1 aliphatic heterocycles. The van der Waals surface area contributed by atoms with Crippen LogP contribution >= 0.6 is 0 Å². The molecule has 8 heteroatoms. The van der Waals surface area contributed by atoms with Gasteiger partial charge in [-0.2, -0.15) is 0 Å². The van der Waals surface area contributed by atoms with Crippen LogP contribution in [0.1, 0.15) is 16.9 Å². The minimum atomic E-state index is -1.06. The lowest BCUT2D eigenvalue weighted by Crippen LogP contribution is -2.52. The van der Waals surface area contributed by atoms with Crippen molar-refractivity contribution in [3.63, 3.8) is 0 Å². The molecule has 3 amide bonds. The minimum absolute atomic E-state index is 0.196. The van der Waals surface area contributed by atoms with Crippen molar-refractivity contribution < 1.29 is 23.9 Å². The zero-order valence-electron chi connectivity index (χ0n) is 14.0. The highest BCUT2D eigenvalue weighted by Gasteiger charge is 2.34. The van der Waals surface area contributed by atoms with Gasteiger partial charge in [-0.1, -0.05) is 24.3 Å². The van der Waals surface area contributed by atoms with Crippen LogP contribution in [0.5, 0.6) is 0 Å². The lowest BCUT2D eigenvalue weighted by molar-refractivity contribution is -0.150. The highest BCUT2D eigenvalue weighted by atomic mass is 16.4. The van der Waals surface area contributed by atoms with E-state index in [9.17, 15) is 19.5 Å². The molecule has 1 atom stereocenters. The molecule has 2 aromatic rings. The topological polar surface area (TPSA) is 112 Å². The Hall–Kier alpha value is -3.29. The molecule has 0 radical (unpaired) electrons. The third kappa shape index (κ3) is 4.02. The van der Waals surface area contributed by atoms with E-state index in [1.54, 1.807) is 12.1 Å². The van der Waals surface area contributed by atoms with Crippen molar-refractivity contribution in [1.29, 1.82) is 0 Å². The smallest absolute Gasteiger partial charge is 0.326 e. The summed E-state index contributed by atoms with van der Waals surface area (Å²) >= 11 is 0. The summed E-state index contributed by atoms with van der Waals surface area (Å²) in [5, 5.41) is 14.5. The van der Waals surface area contributed by atoms with Crippen LogP contribution in [0.25, 0.3) is 0 Å². The number of carbonyl (C=O) groups excluding carboxylic acids is 2. The van der Waals surface area contributed by atoms with E-state index < -0.39 is 23.9 Å². The zero-order valence-corrected chi connectivity index (χ0v) is 14.0. The highest BCUT2D eigenvalue weighted by molar-refractivity contribution is 5.88. The molecular formula is C18H19N3O5. The van der Waals surface area contributed by atoms with Gasteiger partial charge < -0.3 is 25.1 Å². The van der Waals surface area contributed by atoms with Crippen molar-refractivity contribution in [1.82, 2.24) is 15.5 Å². The summed E-state index contributed by atoms with van der Waals surface area (Å²) in [5.41, 5.74) is 1.84. The maximum absolute atomic E-state index is 12.5. The Labute approximate surface area is 149 Å². The van der Waals surface area contributed by atoms with Crippen LogP contribution in [-0.4, -0.2) is 40.5 Å². The Morgan fingerprint density at radius 2 is 1.88 bits per heavy atom. The van der Waals surface area contributed by atoms with Crippen molar-refractivity contribution in [2.24, 2.45) is 0 Å². The summed E-state index contributed by atoms with van der Waals surface area (Å²) in [4.78, 5) is 37.1. The molecule has 1 aliphatic rings. The largest absolute Gasteiger partial charge is 0.480 e. The van der Waals surface area contributed by atoms with Crippen LogP contribution in [0.3, 0.4) is 0 Å². The van der Waals surface area contributed by atoms with E-state index in [2.05, 4.69) is 10.6 Å². The van der Waals surface area contributed by atoms with Crippen LogP contribution in [0.4, 0.5) is 4.79 Å². The SMILES string of the molecule is O=C(NCC(=O)N1Cc2ccccc2CC1C(=O)O)NCc1ccco1. The number of nitrogens with zero attached hydrogens (tertiary/aromatic N) is 1. The van der Waals surface area contributed by atoms with Gasteiger partial charge in [-0.3, -0.25) is 4.79 Å². The molecule has 3 rings (SSSR count). The van der Waals surface area contributed by atoms with Gasteiger partial charge in [0.05, 0.1) is 19.4 Å². The fourth-order valence-corrected chi connectivity index (χ4v) is 2.91. The molecule has 1 aromatic heterocycles. The van der Waals surface area contributed by atoms with E-state index in [0.717, 1.165) is 11.1 Å². The standard InChI is InChI=1S/C18H19N3O5/c22-16(10-20-18(25)19-9-14-6-3-7-26-14)21-11-13-5-2-1-4-12(13)8-15(21)17(23)24/h1-7,15H,8-11H2,(H,23,24)(H2,19,20,25). The average Bonchev–Trinajstić information content (AvgIpc) is 3.16. The Bertz CT molecular complexity index is 803. The average molecular weight is 357 g/mol. The molecule has 0 saturated carbocycles. The summed E-state index contributed by atoms with van der Waals surface area (Å²) in [6, 6.07) is 9.39. The predicted octanol–water partition coefficient (Wildman–Crippen LogP) is 1.12. The number of rotatable bonds is 5. The van der Waals surface area contributed by atoms with Crippen LogP contribution in [0, 0.1) is 0 Å². The second-order valence-electron chi connectivity index (χ2n) is 5.96. The molecule has 3 N–H and O–H groups in total. The minimum Gasteiger partial charge on any atom is -0.480 e. The summed E-state index contributed by atoms with van der Waals surface area (Å²) < 4.78 is 5.10. The van der Waals surface area contributed by atoms with Crippen LogP contribution < -0.4 is 10.6 Å². The molecule has 8 nitrogen and oxygen atoms in total. The van der Waals surface area contributed by atoms with Crippen LogP contribution in [0.15, 0.2) is 47.1 Å². The van der Waals surface area contributed by atoms with Gasteiger partial charge in [-0.25, -0.2) is 9.59 Å². The van der Waals surface area contributed by atoms with Crippen LogP contribution in [0.2, 0.25) is 0 Å². The first kappa shape index (κ1) is 17.5. The first-order valence-electron chi connectivity index (χ1n) is 8.17. The molecule has 0 fully saturated rings. The van der Waals surface area contributed by atoms with Gasteiger partial charge in [-0.05, 0) is 23.3 Å². The van der Waals surface area contributed by atoms with Crippen molar-refractivity contribution in [2.75, 3.05) is 6.54 Å². The van der Waals surface area contributed by atoms with Gasteiger partial charge in [0.1, 0.15) is 11.8 Å². The molecule has 0 aliphatic carbocycles. The summed E-state index contributed by atoms with van der Waals surface area (Å²) in [5.74, 6) is -0.916. The maximum atomic E-state index is 12.5. The number of carboxylic acids is 1. The second-order valence-corrected chi connectivity index (χ2v) is 5.96. The Balaban J connectivity index is 1.57. The zero-order chi connectivity index (χ0) is 18.5. The predicted molar refractivity (Wildman–Crippen MR) is 91.1 cm³/mol. The molecular weight excluding hydrogens is 338 g/mol. The molecule has 1 aromatic carbocycles. The Morgan fingerprint density at radius 3 is 2.58 bits per heavy atom. The molecule has 136 valence electrons. The van der Waals surface area contributed by atoms with Gasteiger partial charge in [-0.15, -0.1) is 0 Å². The van der Waals surface area contributed by atoms with Gasteiger partial charge in [0.15, 0.2) is 0 Å². The second kappa shape index (κ2) is 7.73. The first-order chi connectivity index (χ1) is 12.5. The number of carbonyl (C=O) groups is 3. The third-order valence-corrected chi connectivity index (χ3v) is 4.26. The fourth-order valence-electron chi connectivity index (χ4n) is 2.91. The lowest BCUT2D eigenvalue weighted by Gasteiger charge is -2.34. The molecule has 26 heavy (non-hydrogen) atoms. The number of urea groups is 1. The quantitative estimate of drug-likeness (QED) is 0.742. The van der Waals surface area contributed by atoms with Gasteiger partial charge in [0.25, 0.3) is 0 Å². The number of fused-ring (bicyclic) bond motifs is 1. The third-order valence-electron chi connectivity index (χ3n) is 4.26. The summed E-state index contributed by atoms with van der Waals surface area (Å²) in [6.45, 7) is 0.124. The van der Waals surface area contributed by atoms with Crippen molar-refractivity contribution in [3.8, 4) is 0 Å². The molecule has 0 bridgehead atoms. The van der Waals surface area contributed by atoms with Crippen molar-refractivity contribution in [2.45, 2.75) is 25.6 Å². The van der Waals surface area contributed by atoms with Crippen molar-refractivity contribution in [3.05, 3.63) is 59.5 Å². The van der Waals surface area contributed by atoms with E-state index >= 15 is 0 Å².